The Labute approximate surface area is 153 Å². The average molecular weight is 378 g/mol. The molecule has 1 heterocycles. The van der Waals surface area contributed by atoms with E-state index in [4.69, 9.17) is 11.6 Å². The zero-order valence-electron chi connectivity index (χ0n) is 13.6. The van der Waals surface area contributed by atoms with Crippen LogP contribution in [0.3, 0.4) is 0 Å². The molecule has 0 radical (unpaired) electrons. The van der Waals surface area contributed by atoms with Crippen molar-refractivity contribution in [2.75, 3.05) is 18.4 Å². The summed E-state index contributed by atoms with van der Waals surface area (Å²) in [5.41, 5.74) is -0.0973. The number of hydrogen-bond donors (Lipinski definition) is 2. The smallest absolute Gasteiger partial charge is 0.292 e. The Morgan fingerprint density at radius 3 is 2.65 bits per heavy atom. The topological polar surface area (TPSA) is 119 Å². The van der Waals surface area contributed by atoms with Crippen LogP contribution in [-0.2, 0) is 4.79 Å². The molecule has 1 amide bonds. The third-order valence-corrected chi connectivity index (χ3v) is 4.31. The molecule has 9 nitrogen and oxygen atoms in total. The lowest BCUT2D eigenvalue weighted by Crippen LogP contribution is -2.32. The fourth-order valence-corrected chi connectivity index (χ4v) is 2.47. The summed E-state index contributed by atoms with van der Waals surface area (Å²) in [5.74, 6) is 0.391. The normalized spacial score (nSPS) is 13.3. The van der Waals surface area contributed by atoms with E-state index in [1.807, 2.05) is 0 Å². The van der Waals surface area contributed by atoms with Gasteiger partial charge in [0.25, 0.3) is 11.2 Å². The van der Waals surface area contributed by atoms with Crippen molar-refractivity contribution in [1.29, 1.82) is 0 Å². The molecule has 10 heteroatoms. The Bertz CT molecular complexity index is 893. The third-order valence-electron chi connectivity index (χ3n) is 3.95. The van der Waals surface area contributed by atoms with E-state index in [2.05, 4.69) is 15.7 Å². The lowest BCUT2D eigenvalue weighted by molar-refractivity contribution is -0.384. The van der Waals surface area contributed by atoms with Gasteiger partial charge in [0.15, 0.2) is 0 Å². The first-order chi connectivity index (χ1) is 12.5. The quantitative estimate of drug-likeness (QED) is 0.560. The van der Waals surface area contributed by atoms with Crippen LogP contribution in [-0.4, -0.2) is 33.7 Å². The van der Waals surface area contributed by atoms with E-state index in [9.17, 15) is 19.7 Å². The minimum absolute atomic E-state index is 0.0187. The molecule has 0 aliphatic heterocycles. The molecule has 2 N–H and O–H groups in total. The molecule has 1 aromatic heterocycles. The maximum Gasteiger partial charge on any atom is 0.292 e. The van der Waals surface area contributed by atoms with Gasteiger partial charge in [0.05, 0.1) is 29.0 Å². The molecular formula is C16H16ClN5O4. The van der Waals surface area contributed by atoms with Gasteiger partial charge < -0.3 is 10.6 Å². The Kier molecular flexibility index (Phi) is 5.17. The second-order valence-electron chi connectivity index (χ2n) is 5.96. The highest BCUT2D eigenvalue weighted by molar-refractivity contribution is 6.33. The second kappa shape index (κ2) is 7.52. The molecule has 0 unspecified atom stereocenters. The standard InChI is InChI=1S/C16H16ClN5O4/c17-15-13(18-9-14(23)19-7-10-1-2-10)8-20-21(16(15)24)11-3-5-12(6-4-11)22(25)26/h3-6,8,10,18H,1-2,7,9H2,(H,19,23). The summed E-state index contributed by atoms with van der Waals surface area (Å²) in [7, 11) is 0. The van der Waals surface area contributed by atoms with E-state index in [0.29, 0.717) is 18.2 Å². The first kappa shape index (κ1) is 17.9. The van der Waals surface area contributed by atoms with Crippen molar-refractivity contribution in [1.82, 2.24) is 15.1 Å². The van der Waals surface area contributed by atoms with E-state index < -0.39 is 10.5 Å². The molecule has 136 valence electrons. The number of halogens is 1. The Morgan fingerprint density at radius 1 is 1.35 bits per heavy atom. The second-order valence-corrected chi connectivity index (χ2v) is 6.34. The largest absolute Gasteiger partial charge is 0.373 e. The number of amides is 1. The molecule has 2 aromatic rings. The molecule has 1 aliphatic rings. The number of nitrogens with zero attached hydrogens (tertiary/aromatic N) is 3. The minimum Gasteiger partial charge on any atom is -0.373 e. The van der Waals surface area contributed by atoms with Gasteiger partial charge in [-0.3, -0.25) is 19.7 Å². The van der Waals surface area contributed by atoms with E-state index in [0.717, 1.165) is 17.5 Å². The van der Waals surface area contributed by atoms with Gasteiger partial charge >= 0.3 is 0 Å². The maximum atomic E-state index is 12.4. The lowest BCUT2D eigenvalue weighted by atomic mass is 10.3. The maximum absolute atomic E-state index is 12.4. The molecule has 1 saturated carbocycles. The van der Waals surface area contributed by atoms with Crippen molar-refractivity contribution < 1.29 is 9.72 Å². The molecule has 1 aromatic carbocycles. The van der Waals surface area contributed by atoms with Crippen molar-refractivity contribution in [3.63, 3.8) is 0 Å². The highest BCUT2D eigenvalue weighted by atomic mass is 35.5. The molecule has 0 bridgehead atoms. The van der Waals surface area contributed by atoms with E-state index in [1.54, 1.807) is 0 Å². The number of rotatable bonds is 7. The van der Waals surface area contributed by atoms with Gasteiger partial charge in [-0.05, 0) is 30.9 Å². The number of hydrogen-bond acceptors (Lipinski definition) is 6. The van der Waals surface area contributed by atoms with Crippen molar-refractivity contribution >= 4 is 28.9 Å². The summed E-state index contributed by atoms with van der Waals surface area (Å²) in [5, 5.41) is 20.2. The van der Waals surface area contributed by atoms with Gasteiger partial charge in [-0.1, -0.05) is 11.6 Å². The first-order valence-corrected chi connectivity index (χ1v) is 8.36. The molecule has 0 saturated heterocycles. The average Bonchev–Trinajstić information content (AvgIpc) is 3.46. The first-order valence-electron chi connectivity index (χ1n) is 7.99. The van der Waals surface area contributed by atoms with Crippen LogP contribution in [0.2, 0.25) is 5.02 Å². The molecule has 3 rings (SSSR count). The Morgan fingerprint density at radius 2 is 2.04 bits per heavy atom. The van der Waals surface area contributed by atoms with Crippen molar-refractivity contribution in [3.8, 4) is 5.69 Å². The van der Waals surface area contributed by atoms with E-state index in [-0.39, 0.29) is 28.8 Å². The summed E-state index contributed by atoms with van der Waals surface area (Å²) in [6.45, 7) is 0.642. The van der Waals surface area contributed by atoms with E-state index in [1.165, 1.54) is 30.5 Å². The highest BCUT2D eigenvalue weighted by Gasteiger charge is 2.21. The zero-order chi connectivity index (χ0) is 18.7. The minimum atomic E-state index is -0.594. The molecule has 1 fully saturated rings. The number of anilines is 1. The molecule has 0 spiro atoms. The van der Waals surface area contributed by atoms with Crippen molar-refractivity contribution in [2.24, 2.45) is 5.92 Å². The number of nitrogens with one attached hydrogen (secondary N) is 2. The van der Waals surface area contributed by atoms with Gasteiger partial charge in [0, 0.05) is 18.7 Å². The fraction of sp³-hybridized carbons (Fsp3) is 0.312. The fourth-order valence-electron chi connectivity index (χ4n) is 2.27. The monoisotopic (exact) mass is 377 g/mol. The number of carbonyl (C=O) groups excluding carboxylic acids is 1. The molecule has 1 aliphatic carbocycles. The Balaban J connectivity index is 1.70. The SMILES string of the molecule is O=C(CNc1cnn(-c2ccc([N+](=O)[O-])cc2)c(=O)c1Cl)NCC1CC1. The van der Waals surface area contributed by atoms with Crippen LogP contribution in [0.1, 0.15) is 12.8 Å². The van der Waals surface area contributed by atoms with Gasteiger partial charge in [0.1, 0.15) is 5.02 Å². The zero-order valence-corrected chi connectivity index (χ0v) is 14.4. The number of nitro groups is 1. The van der Waals surface area contributed by atoms with Crippen LogP contribution in [0.25, 0.3) is 5.69 Å². The number of non-ortho nitro benzene ring substituents is 1. The van der Waals surface area contributed by atoms with Gasteiger partial charge in [-0.2, -0.15) is 9.78 Å². The lowest BCUT2D eigenvalue weighted by Gasteiger charge is -2.10. The molecule has 0 atom stereocenters. The predicted molar refractivity (Wildman–Crippen MR) is 95.7 cm³/mol. The van der Waals surface area contributed by atoms with Crippen LogP contribution in [0.15, 0.2) is 35.3 Å². The number of aromatic nitrogens is 2. The molecule has 26 heavy (non-hydrogen) atoms. The van der Waals surface area contributed by atoms with Gasteiger partial charge in [-0.25, -0.2) is 0 Å². The summed E-state index contributed by atoms with van der Waals surface area (Å²) in [4.78, 5) is 34.3. The number of carbonyl (C=O) groups is 1. The van der Waals surface area contributed by atoms with Crippen LogP contribution in [0.4, 0.5) is 11.4 Å². The molecular weight excluding hydrogens is 362 g/mol. The summed E-state index contributed by atoms with van der Waals surface area (Å²) < 4.78 is 1.03. The van der Waals surface area contributed by atoms with Gasteiger partial charge in [-0.15, -0.1) is 0 Å². The predicted octanol–water partition coefficient (Wildman–Crippen LogP) is 1.73. The van der Waals surface area contributed by atoms with Gasteiger partial charge in [0.2, 0.25) is 5.91 Å². The number of nitro benzene ring substituents is 1. The summed E-state index contributed by atoms with van der Waals surface area (Å²) >= 11 is 6.08. The van der Waals surface area contributed by atoms with Crippen LogP contribution in [0.5, 0.6) is 0 Å². The highest BCUT2D eigenvalue weighted by Crippen LogP contribution is 2.27. The van der Waals surface area contributed by atoms with Crippen LogP contribution in [0, 0.1) is 16.0 Å². The van der Waals surface area contributed by atoms with Crippen molar-refractivity contribution in [3.05, 3.63) is 56.0 Å². The number of benzene rings is 1. The van der Waals surface area contributed by atoms with Crippen LogP contribution >= 0.6 is 11.6 Å². The van der Waals surface area contributed by atoms with E-state index >= 15 is 0 Å². The van der Waals surface area contributed by atoms with Crippen molar-refractivity contribution in [2.45, 2.75) is 12.8 Å². The summed E-state index contributed by atoms with van der Waals surface area (Å²) in [6.07, 6.45) is 3.62. The third kappa shape index (κ3) is 4.17. The Hall–Kier alpha value is -2.94. The summed E-state index contributed by atoms with van der Waals surface area (Å²) in [6, 6.07) is 5.35. The van der Waals surface area contributed by atoms with Crippen LogP contribution < -0.4 is 16.2 Å².